The van der Waals surface area contributed by atoms with Crippen molar-refractivity contribution >= 4 is 29.9 Å². The summed E-state index contributed by atoms with van der Waals surface area (Å²) in [5.41, 5.74) is 0. The van der Waals surface area contributed by atoms with E-state index in [-0.39, 0.29) is 24.0 Å². The number of aliphatic imine (C=N–C) groups is 1. The van der Waals surface area contributed by atoms with Gasteiger partial charge in [-0.25, -0.2) is 0 Å². The van der Waals surface area contributed by atoms with Crippen molar-refractivity contribution in [2.75, 3.05) is 45.8 Å². The summed E-state index contributed by atoms with van der Waals surface area (Å²) < 4.78 is 0. The Hall–Kier alpha value is -0.0800. The van der Waals surface area contributed by atoms with Crippen molar-refractivity contribution in [2.24, 2.45) is 16.8 Å². The van der Waals surface area contributed by atoms with Gasteiger partial charge in [-0.2, -0.15) is 0 Å². The lowest BCUT2D eigenvalue weighted by Gasteiger charge is -2.23. The van der Waals surface area contributed by atoms with Gasteiger partial charge in [0.15, 0.2) is 5.96 Å². The van der Waals surface area contributed by atoms with E-state index in [4.69, 9.17) is 4.99 Å². The Labute approximate surface area is 172 Å². The molecule has 2 heterocycles. The van der Waals surface area contributed by atoms with Gasteiger partial charge in [0.25, 0.3) is 0 Å². The molecule has 2 aliphatic rings. The molecule has 2 rings (SSSR count). The summed E-state index contributed by atoms with van der Waals surface area (Å²) >= 11 is 0. The Morgan fingerprint density at radius 2 is 1.84 bits per heavy atom. The molecule has 5 nitrogen and oxygen atoms in total. The number of rotatable bonds is 7. The summed E-state index contributed by atoms with van der Waals surface area (Å²) in [5, 5.41) is 7.11. The SMILES string of the molecule is CCNC(=NCC(C)CN1CCCC1)NC1CN(C(C)C)CC1C.I. The number of hydrogen-bond acceptors (Lipinski definition) is 3. The Bertz CT molecular complexity index is 395. The van der Waals surface area contributed by atoms with Crippen LogP contribution in [-0.2, 0) is 0 Å². The summed E-state index contributed by atoms with van der Waals surface area (Å²) in [6, 6.07) is 1.12. The molecule has 0 aromatic heterocycles. The van der Waals surface area contributed by atoms with E-state index in [1.165, 1.54) is 39.0 Å². The molecule has 0 radical (unpaired) electrons. The highest BCUT2D eigenvalue weighted by Crippen LogP contribution is 2.18. The fraction of sp³-hybridized carbons (Fsp3) is 0.947. The first-order valence-corrected chi connectivity index (χ1v) is 10.0. The van der Waals surface area contributed by atoms with E-state index in [0.29, 0.717) is 23.9 Å². The van der Waals surface area contributed by atoms with Crippen LogP contribution in [0.4, 0.5) is 0 Å². The van der Waals surface area contributed by atoms with Crippen LogP contribution in [0.3, 0.4) is 0 Å². The van der Waals surface area contributed by atoms with Crippen LogP contribution in [0.15, 0.2) is 4.99 Å². The molecule has 2 fully saturated rings. The molecule has 148 valence electrons. The second-order valence-electron chi connectivity index (χ2n) is 8.11. The highest BCUT2D eigenvalue weighted by molar-refractivity contribution is 14.0. The first kappa shape index (κ1) is 23.0. The van der Waals surface area contributed by atoms with Crippen molar-refractivity contribution < 1.29 is 0 Å². The Morgan fingerprint density at radius 1 is 1.16 bits per heavy atom. The van der Waals surface area contributed by atoms with E-state index in [9.17, 15) is 0 Å². The van der Waals surface area contributed by atoms with Gasteiger partial charge in [-0.15, -0.1) is 24.0 Å². The van der Waals surface area contributed by atoms with Crippen molar-refractivity contribution in [1.29, 1.82) is 0 Å². The van der Waals surface area contributed by atoms with Gasteiger partial charge >= 0.3 is 0 Å². The predicted molar refractivity (Wildman–Crippen MR) is 119 cm³/mol. The summed E-state index contributed by atoms with van der Waals surface area (Å²) in [4.78, 5) is 10.0. The van der Waals surface area contributed by atoms with Crippen LogP contribution in [-0.4, -0.2) is 73.7 Å². The van der Waals surface area contributed by atoms with E-state index < -0.39 is 0 Å². The van der Waals surface area contributed by atoms with Gasteiger partial charge in [-0.3, -0.25) is 9.89 Å². The normalized spacial score (nSPS) is 26.7. The Morgan fingerprint density at radius 3 is 2.40 bits per heavy atom. The highest BCUT2D eigenvalue weighted by atomic mass is 127. The summed E-state index contributed by atoms with van der Waals surface area (Å²) in [7, 11) is 0. The van der Waals surface area contributed by atoms with Crippen molar-refractivity contribution in [3.63, 3.8) is 0 Å². The number of likely N-dealkylation sites (tertiary alicyclic amines) is 2. The minimum absolute atomic E-state index is 0. The molecule has 2 N–H and O–H groups in total. The predicted octanol–water partition coefficient (Wildman–Crippen LogP) is 2.62. The molecule has 0 aromatic carbocycles. The van der Waals surface area contributed by atoms with Gasteiger partial charge in [-0.05, 0) is 58.5 Å². The minimum Gasteiger partial charge on any atom is -0.357 e. The molecule has 0 aromatic rings. The van der Waals surface area contributed by atoms with Crippen LogP contribution < -0.4 is 10.6 Å². The third-order valence-electron chi connectivity index (χ3n) is 5.37. The lowest BCUT2D eigenvalue weighted by atomic mass is 10.1. The number of guanidine groups is 1. The standard InChI is InChI=1S/C19H39N5.HI/c1-6-20-19(21-11-16(4)12-23-9-7-8-10-23)22-18-14-24(15(2)3)13-17(18)5;/h15-18H,6-14H2,1-5H3,(H2,20,21,22);1H. The maximum atomic E-state index is 4.87. The highest BCUT2D eigenvalue weighted by Gasteiger charge is 2.31. The van der Waals surface area contributed by atoms with Crippen LogP contribution in [0.5, 0.6) is 0 Å². The van der Waals surface area contributed by atoms with Crippen LogP contribution in [0.1, 0.15) is 47.5 Å². The van der Waals surface area contributed by atoms with Gasteiger partial charge in [-0.1, -0.05) is 13.8 Å². The van der Waals surface area contributed by atoms with E-state index >= 15 is 0 Å². The summed E-state index contributed by atoms with van der Waals surface area (Å²) in [6.45, 7) is 19.2. The largest absolute Gasteiger partial charge is 0.357 e. The third-order valence-corrected chi connectivity index (χ3v) is 5.37. The zero-order chi connectivity index (χ0) is 17.5. The quantitative estimate of drug-likeness (QED) is 0.345. The molecule has 3 atom stereocenters. The first-order valence-electron chi connectivity index (χ1n) is 10.0. The molecular formula is C19H40IN5. The topological polar surface area (TPSA) is 42.9 Å². The smallest absolute Gasteiger partial charge is 0.191 e. The molecule has 6 heteroatoms. The zero-order valence-electron chi connectivity index (χ0n) is 16.9. The molecule has 0 spiro atoms. The van der Waals surface area contributed by atoms with Gasteiger partial charge in [0.1, 0.15) is 0 Å². The van der Waals surface area contributed by atoms with Gasteiger partial charge in [0, 0.05) is 44.8 Å². The maximum Gasteiger partial charge on any atom is 0.191 e. The lowest BCUT2D eigenvalue weighted by molar-refractivity contribution is 0.265. The van der Waals surface area contributed by atoms with E-state index in [1.807, 2.05) is 0 Å². The van der Waals surface area contributed by atoms with Crippen molar-refractivity contribution in [1.82, 2.24) is 20.4 Å². The summed E-state index contributed by atoms with van der Waals surface area (Å²) in [5.74, 6) is 2.28. The average Bonchev–Trinajstić information content (AvgIpc) is 3.15. The van der Waals surface area contributed by atoms with Gasteiger partial charge < -0.3 is 15.5 Å². The average molecular weight is 465 g/mol. The van der Waals surface area contributed by atoms with Gasteiger partial charge in [0.2, 0.25) is 0 Å². The van der Waals surface area contributed by atoms with Gasteiger partial charge in [0.05, 0.1) is 0 Å². The third kappa shape index (κ3) is 7.59. The number of nitrogens with one attached hydrogen (secondary N) is 2. The summed E-state index contributed by atoms with van der Waals surface area (Å²) in [6.07, 6.45) is 2.73. The minimum atomic E-state index is 0. The second-order valence-corrected chi connectivity index (χ2v) is 8.11. The first-order chi connectivity index (χ1) is 11.5. The van der Waals surface area contributed by atoms with E-state index in [1.54, 1.807) is 0 Å². The fourth-order valence-corrected chi connectivity index (χ4v) is 3.82. The van der Waals surface area contributed by atoms with Crippen molar-refractivity contribution in [3.8, 4) is 0 Å². The van der Waals surface area contributed by atoms with E-state index in [0.717, 1.165) is 25.6 Å². The van der Waals surface area contributed by atoms with E-state index in [2.05, 4.69) is 55.1 Å². The molecule has 25 heavy (non-hydrogen) atoms. The van der Waals surface area contributed by atoms with Crippen molar-refractivity contribution in [2.45, 2.75) is 59.5 Å². The zero-order valence-corrected chi connectivity index (χ0v) is 19.3. The molecule has 2 aliphatic heterocycles. The van der Waals surface area contributed by atoms with Crippen LogP contribution in [0, 0.1) is 11.8 Å². The molecular weight excluding hydrogens is 425 g/mol. The number of halogens is 1. The maximum absolute atomic E-state index is 4.87. The van der Waals surface area contributed by atoms with Crippen LogP contribution in [0.25, 0.3) is 0 Å². The molecule has 2 saturated heterocycles. The molecule has 0 aliphatic carbocycles. The molecule has 0 saturated carbocycles. The fourth-order valence-electron chi connectivity index (χ4n) is 3.82. The van der Waals surface area contributed by atoms with Crippen LogP contribution in [0.2, 0.25) is 0 Å². The lowest BCUT2D eigenvalue weighted by Crippen LogP contribution is -2.47. The molecule has 3 unspecified atom stereocenters. The molecule has 0 bridgehead atoms. The van der Waals surface area contributed by atoms with Crippen LogP contribution >= 0.6 is 24.0 Å². The Balaban J connectivity index is 0.00000312. The number of nitrogens with zero attached hydrogens (tertiary/aromatic N) is 3. The Kier molecular flexibility index (Phi) is 10.6. The number of hydrogen-bond donors (Lipinski definition) is 2. The second kappa shape index (κ2) is 11.6. The van der Waals surface area contributed by atoms with Crippen molar-refractivity contribution in [3.05, 3.63) is 0 Å². The molecule has 0 amide bonds. The monoisotopic (exact) mass is 465 g/mol.